The van der Waals surface area contributed by atoms with Gasteiger partial charge in [0, 0.05) is 28.0 Å². The molecule has 0 saturated carbocycles. The summed E-state index contributed by atoms with van der Waals surface area (Å²) < 4.78 is 14.4. The number of aromatic nitrogens is 1. The molecule has 2 nitrogen and oxygen atoms in total. The molecule has 19 heavy (non-hydrogen) atoms. The van der Waals surface area contributed by atoms with Crippen LogP contribution in [-0.2, 0) is 6.42 Å². The molecule has 0 aliphatic carbocycles. The molecule has 2 aromatic rings. The molecule has 1 aromatic heterocycles. The molecule has 1 heterocycles. The first kappa shape index (κ1) is 14.6. The van der Waals surface area contributed by atoms with E-state index in [1.165, 1.54) is 10.9 Å². The molecular formula is C14H16BrFN2S. The summed E-state index contributed by atoms with van der Waals surface area (Å²) in [6.45, 7) is 3.03. The zero-order valence-corrected chi connectivity index (χ0v) is 13.1. The van der Waals surface area contributed by atoms with E-state index in [-0.39, 0.29) is 11.9 Å². The Morgan fingerprint density at radius 3 is 3.00 bits per heavy atom. The smallest absolute Gasteiger partial charge is 0.123 e. The molecule has 1 aromatic carbocycles. The molecule has 0 amide bonds. The fourth-order valence-corrected chi connectivity index (χ4v) is 3.10. The second kappa shape index (κ2) is 7.12. The number of nitrogens with one attached hydrogen (secondary N) is 1. The largest absolute Gasteiger partial charge is 0.310 e. The van der Waals surface area contributed by atoms with Crippen molar-refractivity contribution in [2.75, 3.05) is 6.54 Å². The number of hydrogen-bond donors (Lipinski definition) is 1. The summed E-state index contributed by atoms with van der Waals surface area (Å²) in [5.74, 6) is -0.203. The average Bonchev–Trinajstić information content (AvgIpc) is 2.90. The zero-order chi connectivity index (χ0) is 13.7. The lowest BCUT2D eigenvalue weighted by atomic mass is 10.0. The quantitative estimate of drug-likeness (QED) is 0.845. The van der Waals surface area contributed by atoms with E-state index in [2.05, 4.69) is 33.2 Å². The van der Waals surface area contributed by atoms with Crippen molar-refractivity contribution >= 4 is 27.3 Å². The molecule has 0 saturated heterocycles. The van der Waals surface area contributed by atoms with Crippen molar-refractivity contribution in [3.05, 3.63) is 50.6 Å². The predicted molar refractivity (Wildman–Crippen MR) is 81.0 cm³/mol. The Labute approximate surface area is 125 Å². The number of rotatable bonds is 6. The fourth-order valence-electron chi connectivity index (χ4n) is 1.94. The van der Waals surface area contributed by atoms with E-state index in [9.17, 15) is 4.39 Å². The Bertz CT molecular complexity index is 516. The van der Waals surface area contributed by atoms with E-state index < -0.39 is 0 Å². The molecule has 1 unspecified atom stereocenters. The van der Waals surface area contributed by atoms with Crippen LogP contribution in [0.1, 0.15) is 29.8 Å². The molecule has 0 fully saturated rings. The second-order valence-electron chi connectivity index (χ2n) is 4.34. The van der Waals surface area contributed by atoms with Crippen LogP contribution in [0.5, 0.6) is 0 Å². The normalized spacial score (nSPS) is 12.6. The van der Waals surface area contributed by atoms with Gasteiger partial charge >= 0.3 is 0 Å². The van der Waals surface area contributed by atoms with Crippen LogP contribution in [0.2, 0.25) is 0 Å². The maximum atomic E-state index is 13.5. The zero-order valence-electron chi connectivity index (χ0n) is 10.7. The first-order chi connectivity index (χ1) is 9.20. The summed E-state index contributed by atoms with van der Waals surface area (Å²) >= 11 is 5.14. The summed E-state index contributed by atoms with van der Waals surface area (Å²) in [7, 11) is 0. The summed E-state index contributed by atoms with van der Waals surface area (Å²) in [6.07, 6.45) is 3.75. The first-order valence-corrected chi connectivity index (χ1v) is 7.93. The third kappa shape index (κ3) is 4.09. The highest BCUT2D eigenvalue weighted by Gasteiger charge is 2.16. The number of halogens is 2. The Morgan fingerprint density at radius 2 is 2.32 bits per heavy atom. The highest BCUT2D eigenvalue weighted by molar-refractivity contribution is 9.10. The monoisotopic (exact) mass is 342 g/mol. The van der Waals surface area contributed by atoms with Crippen molar-refractivity contribution in [2.45, 2.75) is 25.8 Å². The second-order valence-corrected chi connectivity index (χ2v) is 6.17. The predicted octanol–water partition coefficient (Wildman–Crippen LogP) is 4.33. The highest BCUT2D eigenvalue weighted by atomic mass is 79.9. The Hall–Kier alpha value is -0.780. The van der Waals surface area contributed by atoms with Crippen molar-refractivity contribution in [3.63, 3.8) is 0 Å². The number of thiazole rings is 1. The molecule has 0 aliphatic heterocycles. The highest BCUT2D eigenvalue weighted by Crippen LogP contribution is 2.28. The van der Waals surface area contributed by atoms with Gasteiger partial charge in [0.05, 0.1) is 5.51 Å². The summed E-state index contributed by atoms with van der Waals surface area (Å²) in [6, 6.07) is 4.93. The van der Waals surface area contributed by atoms with Crippen LogP contribution >= 0.6 is 27.3 Å². The van der Waals surface area contributed by atoms with Crippen molar-refractivity contribution in [3.8, 4) is 0 Å². The van der Waals surface area contributed by atoms with E-state index in [0.29, 0.717) is 0 Å². The molecule has 1 N–H and O–H groups in total. The average molecular weight is 343 g/mol. The molecular weight excluding hydrogens is 327 g/mol. The van der Waals surface area contributed by atoms with Gasteiger partial charge in [-0.2, -0.15) is 0 Å². The summed E-state index contributed by atoms with van der Waals surface area (Å²) in [5.41, 5.74) is 2.79. The molecule has 0 spiro atoms. The standard InChI is InChI=1S/C14H16BrFN2S/c1-2-5-18-14(7-11-8-17-9-19-11)12-6-10(16)3-4-13(12)15/h3-4,6,8-9,14,18H,2,5,7H2,1H3. The third-order valence-electron chi connectivity index (χ3n) is 2.86. The van der Waals surface area contributed by atoms with E-state index >= 15 is 0 Å². The maximum absolute atomic E-state index is 13.5. The molecule has 2 rings (SSSR count). The minimum Gasteiger partial charge on any atom is -0.310 e. The van der Waals surface area contributed by atoms with E-state index in [4.69, 9.17) is 0 Å². The van der Waals surface area contributed by atoms with E-state index in [0.717, 1.165) is 29.4 Å². The van der Waals surface area contributed by atoms with Gasteiger partial charge in [0.15, 0.2) is 0 Å². The molecule has 0 aliphatic rings. The Morgan fingerprint density at radius 1 is 1.47 bits per heavy atom. The van der Waals surface area contributed by atoms with Crippen molar-refractivity contribution < 1.29 is 4.39 Å². The minimum absolute atomic E-state index is 0.102. The first-order valence-electron chi connectivity index (χ1n) is 6.26. The van der Waals surface area contributed by atoms with Gasteiger partial charge in [-0.1, -0.05) is 22.9 Å². The van der Waals surface area contributed by atoms with Crippen molar-refractivity contribution in [2.24, 2.45) is 0 Å². The van der Waals surface area contributed by atoms with Crippen LogP contribution in [0.3, 0.4) is 0 Å². The Kier molecular flexibility index (Phi) is 5.48. The van der Waals surface area contributed by atoms with Gasteiger partial charge < -0.3 is 5.32 Å². The van der Waals surface area contributed by atoms with E-state index in [1.54, 1.807) is 23.5 Å². The topological polar surface area (TPSA) is 24.9 Å². The van der Waals surface area contributed by atoms with Gasteiger partial charge in [0.25, 0.3) is 0 Å². The molecule has 1 atom stereocenters. The van der Waals surface area contributed by atoms with Gasteiger partial charge in [-0.3, -0.25) is 4.98 Å². The van der Waals surface area contributed by atoms with Gasteiger partial charge in [0.2, 0.25) is 0 Å². The van der Waals surface area contributed by atoms with Crippen LogP contribution in [0.25, 0.3) is 0 Å². The van der Waals surface area contributed by atoms with Gasteiger partial charge in [0.1, 0.15) is 5.82 Å². The minimum atomic E-state index is -0.203. The number of benzene rings is 1. The van der Waals surface area contributed by atoms with Crippen LogP contribution in [0, 0.1) is 5.82 Å². The molecule has 5 heteroatoms. The van der Waals surface area contributed by atoms with Crippen molar-refractivity contribution in [1.82, 2.24) is 10.3 Å². The SMILES string of the molecule is CCCNC(Cc1cncs1)c1cc(F)ccc1Br. The summed E-state index contributed by atoms with van der Waals surface area (Å²) in [4.78, 5) is 5.29. The van der Waals surface area contributed by atoms with Gasteiger partial charge in [-0.25, -0.2) is 4.39 Å². The maximum Gasteiger partial charge on any atom is 0.123 e. The van der Waals surface area contributed by atoms with E-state index in [1.807, 2.05) is 11.7 Å². The lowest BCUT2D eigenvalue weighted by Gasteiger charge is -2.19. The van der Waals surface area contributed by atoms with Crippen LogP contribution in [0.4, 0.5) is 4.39 Å². The number of hydrogen-bond acceptors (Lipinski definition) is 3. The lowest BCUT2D eigenvalue weighted by Crippen LogP contribution is -2.24. The van der Waals surface area contributed by atoms with Crippen LogP contribution in [0.15, 0.2) is 34.4 Å². The molecule has 102 valence electrons. The lowest BCUT2D eigenvalue weighted by molar-refractivity contribution is 0.525. The number of nitrogens with zero attached hydrogens (tertiary/aromatic N) is 1. The van der Waals surface area contributed by atoms with Gasteiger partial charge in [-0.05, 0) is 36.7 Å². The van der Waals surface area contributed by atoms with Gasteiger partial charge in [-0.15, -0.1) is 11.3 Å². The molecule has 0 radical (unpaired) electrons. The molecule has 0 bridgehead atoms. The summed E-state index contributed by atoms with van der Waals surface area (Å²) in [5, 5.41) is 3.47. The van der Waals surface area contributed by atoms with Crippen molar-refractivity contribution in [1.29, 1.82) is 0 Å². The fraction of sp³-hybridized carbons (Fsp3) is 0.357. The van der Waals surface area contributed by atoms with Crippen LogP contribution < -0.4 is 5.32 Å². The third-order valence-corrected chi connectivity index (χ3v) is 4.39. The Balaban J connectivity index is 2.23. The van der Waals surface area contributed by atoms with Crippen LogP contribution in [-0.4, -0.2) is 11.5 Å².